The first-order chi connectivity index (χ1) is 8.84. The first-order valence-electron chi connectivity index (χ1n) is 6.56. The highest BCUT2D eigenvalue weighted by Crippen LogP contribution is 2.24. The van der Waals surface area contributed by atoms with Crippen molar-refractivity contribution < 1.29 is 0 Å². The van der Waals surface area contributed by atoms with Crippen LogP contribution in [-0.4, -0.2) is 22.1 Å². The summed E-state index contributed by atoms with van der Waals surface area (Å²) in [6.07, 6.45) is 6.32. The van der Waals surface area contributed by atoms with E-state index in [0.717, 1.165) is 29.6 Å². The Morgan fingerprint density at radius 2 is 1.94 bits per heavy atom. The molecule has 4 heteroatoms. The average Bonchev–Trinajstić information content (AvgIpc) is 2.42. The molecule has 0 radical (unpaired) electrons. The van der Waals surface area contributed by atoms with Gasteiger partial charge in [0.25, 0.3) is 0 Å². The van der Waals surface area contributed by atoms with Crippen molar-refractivity contribution in [2.24, 2.45) is 5.73 Å². The summed E-state index contributed by atoms with van der Waals surface area (Å²) < 4.78 is 0. The van der Waals surface area contributed by atoms with Gasteiger partial charge in [-0.15, -0.1) is 0 Å². The Morgan fingerprint density at radius 3 is 2.83 bits per heavy atom. The number of hydrogen-bond donors (Lipinski definition) is 2. The van der Waals surface area contributed by atoms with Crippen LogP contribution in [0.25, 0.3) is 10.9 Å². The van der Waals surface area contributed by atoms with Crippen LogP contribution >= 0.6 is 0 Å². The van der Waals surface area contributed by atoms with E-state index >= 15 is 0 Å². The zero-order valence-corrected chi connectivity index (χ0v) is 10.3. The minimum Gasteiger partial charge on any atom is -0.365 e. The summed E-state index contributed by atoms with van der Waals surface area (Å²) in [6, 6.07) is 8.61. The molecule has 0 saturated heterocycles. The van der Waals surface area contributed by atoms with Crippen LogP contribution in [0.4, 0.5) is 5.82 Å². The highest BCUT2D eigenvalue weighted by atomic mass is 15.1. The van der Waals surface area contributed by atoms with E-state index in [-0.39, 0.29) is 6.04 Å². The average molecular weight is 242 g/mol. The number of anilines is 1. The second kappa shape index (κ2) is 4.90. The third-order valence-electron chi connectivity index (χ3n) is 3.68. The molecule has 1 aliphatic carbocycles. The number of fused-ring (bicyclic) bond motifs is 1. The Balaban J connectivity index is 1.90. The first-order valence-corrected chi connectivity index (χ1v) is 6.56. The normalized spacial score (nSPS) is 24.1. The van der Waals surface area contributed by atoms with E-state index in [1.807, 2.05) is 24.3 Å². The quantitative estimate of drug-likeness (QED) is 0.848. The van der Waals surface area contributed by atoms with Gasteiger partial charge in [-0.25, -0.2) is 9.97 Å². The van der Waals surface area contributed by atoms with Gasteiger partial charge in [0.05, 0.1) is 5.52 Å². The van der Waals surface area contributed by atoms with Gasteiger partial charge in [-0.05, 0) is 25.0 Å². The molecule has 0 spiro atoms. The zero-order chi connectivity index (χ0) is 12.4. The van der Waals surface area contributed by atoms with Crippen molar-refractivity contribution in [3.63, 3.8) is 0 Å². The van der Waals surface area contributed by atoms with Crippen LogP contribution in [0, 0.1) is 0 Å². The molecule has 1 fully saturated rings. The van der Waals surface area contributed by atoms with E-state index in [9.17, 15) is 0 Å². The topological polar surface area (TPSA) is 63.8 Å². The van der Waals surface area contributed by atoms with Crippen molar-refractivity contribution in [2.75, 3.05) is 5.32 Å². The Kier molecular flexibility index (Phi) is 3.11. The second-order valence-corrected chi connectivity index (χ2v) is 4.94. The molecule has 0 bridgehead atoms. The minimum atomic E-state index is 0.229. The van der Waals surface area contributed by atoms with Crippen LogP contribution in [0.1, 0.15) is 25.7 Å². The van der Waals surface area contributed by atoms with E-state index < -0.39 is 0 Å². The lowest BCUT2D eigenvalue weighted by atomic mass is 9.91. The Bertz CT molecular complexity index is 535. The minimum absolute atomic E-state index is 0.229. The third kappa shape index (κ3) is 2.16. The van der Waals surface area contributed by atoms with Crippen molar-refractivity contribution in [1.29, 1.82) is 0 Å². The maximum atomic E-state index is 6.16. The van der Waals surface area contributed by atoms with Crippen LogP contribution in [-0.2, 0) is 0 Å². The van der Waals surface area contributed by atoms with Crippen LogP contribution < -0.4 is 11.1 Å². The van der Waals surface area contributed by atoms with Gasteiger partial charge in [-0.1, -0.05) is 25.0 Å². The second-order valence-electron chi connectivity index (χ2n) is 4.94. The van der Waals surface area contributed by atoms with Gasteiger partial charge < -0.3 is 11.1 Å². The predicted octanol–water partition coefficient (Wildman–Crippen LogP) is 2.31. The highest BCUT2D eigenvalue weighted by molar-refractivity contribution is 5.88. The number of rotatable bonds is 2. The summed E-state index contributed by atoms with van der Waals surface area (Å²) >= 11 is 0. The molecule has 1 aromatic carbocycles. The molecule has 3 rings (SSSR count). The first kappa shape index (κ1) is 11.4. The monoisotopic (exact) mass is 242 g/mol. The molecule has 1 aliphatic rings. The predicted molar refractivity (Wildman–Crippen MR) is 73.4 cm³/mol. The van der Waals surface area contributed by atoms with Gasteiger partial charge >= 0.3 is 0 Å². The third-order valence-corrected chi connectivity index (χ3v) is 3.68. The maximum Gasteiger partial charge on any atom is 0.137 e. The number of benzene rings is 1. The molecule has 3 N–H and O–H groups in total. The van der Waals surface area contributed by atoms with E-state index in [0.29, 0.717) is 6.04 Å². The smallest absolute Gasteiger partial charge is 0.137 e. The van der Waals surface area contributed by atoms with Crippen LogP contribution in [0.2, 0.25) is 0 Å². The number of nitrogens with one attached hydrogen (secondary N) is 1. The summed E-state index contributed by atoms with van der Waals surface area (Å²) in [7, 11) is 0. The zero-order valence-electron chi connectivity index (χ0n) is 10.3. The largest absolute Gasteiger partial charge is 0.365 e. The fraction of sp³-hybridized carbons (Fsp3) is 0.429. The van der Waals surface area contributed by atoms with Gasteiger partial charge in [0, 0.05) is 17.5 Å². The van der Waals surface area contributed by atoms with Crippen molar-refractivity contribution in [1.82, 2.24) is 9.97 Å². The van der Waals surface area contributed by atoms with Crippen molar-refractivity contribution in [2.45, 2.75) is 37.8 Å². The molecular weight excluding hydrogens is 224 g/mol. The number of nitrogens with two attached hydrogens (primary N) is 1. The van der Waals surface area contributed by atoms with Gasteiger partial charge in [-0.2, -0.15) is 0 Å². The summed E-state index contributed by atoms with van der Waals surface area (Å²) in [4.78, 5) is 8.63. The molecule has 2 aromatic rings. The molecule has 0 aliphatic heterocycles. The fourth-order valence-electron chi connectivity index (χ4n) is 2.63. The highest BCUT2D eigenvalue weighted by Gasteiger charge is 2.22. The lowest BCUT2D eigenvalue weighted by Crippen LogP contribution is -2.42. The fourth-order valence-corrected chi connectivity index (χ4v) is 2.63. The van der Waals surface area contributed by atoms with Gasteiger partial charge in [0.2, 0.25) is 0 Å². The molecule has 94 valence electrons. The Morgan fingerprint density at radius 1 is 1.11 bits per heavy atom. The number of para-hydroxylation sites is 1. The SMILES string of the molecule is N[C@@H]1CCCC[C@H]1Nc1ncnc2ccccc12. The summed E-state index contributed by atoms with van der Waals surface area (Å²) in [5.41, 5.74) is 7.14. The van der Waals surface area contributed by atoms with Gasteiger partial charge in [-0.3, -0.25) is 0 Å². The van der Waals surface area contributed by atoms with E-state index in [2.05, 4.69) is 15.3 Å². The van der Waals surface area contributed by atoms with Crippen molar-refractivity contribution in [3.05, 3.63) is 30.6 Å². The summed E-state index contributed by atoms with van der Waals surface area (Å²) in [5.74, 6) is 0.906. The Labute approximate surface area is 107 Å². The molecule has 1 saturated carbocycles. The van der Waals surface area contributed by atoms with E-state index in [1.165, 1.54) is 12.8 Å². The van der Waals surface area contributed by atoms with Gasteiger partial charge in [0.1, 0.15) is 12.1 Å². The lowest BCUT2D eigenvalue weighted by Gasteiger charge is -2.29. The lowest BCUT2D eigenvalue weighted by molar-refractivity contribution is 0.403. The number of aromatic nitrogens is 2. The molecule has 0 unspecified atom stereocenters. The summed E-state index contributed by atoms with van der Waals surface area (Å²) in [6.45, 7) is 0. The molecule has 2 atom stereocenters. The molecule has 18 heavy (non-hydrogen) atoms. The maximum absolute atomic E-state index is 6.16. The molecule has 0 amide bonds. The molecular formula is C14H18N4. The molecule has 4 nitrogen and oxygen atoms in total. The van der Waals surface area contributed by atoms with Crippen LogP contribution in [0.15, 0.2) is 30.6 Å². The number of hydrogen-bond acceptors (Lipinski definition) is 4. The van der Waals surface area contributed by atoms with Crippen LogP contribution in [0.5, 0.6) is 0 Å². The van der Waals surface area contributed by atoms with Crippen LogP contribution in [0.3, 0.4) is 0 Å². The van der Waals surface area contributed by atoms with Gasteiger partial charge in [0.15, 0.2) is 0 Å². The Hall–Kier alpha value is -1.68. The van der Waals surface area contributed by atoms with E-state index in [1.54, 1.807) is 6.33 Å². The van der Waals surface area contributed by atoms with E-state index in [4.69, 9.17) is 5.73 Å². The standard InChI is InChI=1S/C14H18N4/c15-11-6-2-4-8-13(11)18-14-10-5-1-3-7-12(10)16-9-17-14/h1,3,5,7,9,11,13H,2,4,6,8,15H2,(H,16,17,18)/t11-,13-/m1/s1. The summed E-state index contributed by atoms with van der Waals surface area (Å²) in [5, 5.41) is 4.56. The number of nitrogens with zero attached hydrogens (tertiary/aromatic N) is 2. The molecule has 1 heterocycles. The van der Waals surface area contributed by atoms with Crippen molar-refractivity contribution in [3.8, 4) is 0 Å². The van der Waals surface area contributed by atoms with Crippen molar-refractivity contribution >= 4 is 16.7 Å². The molecule has 1 aromatic heterocycles.